The molecule has 1 aliphatic heterocycles. The number of halogens is 2. The lowest BCUT2D eigenvalue weighted by Gasteiger charge is -2.30. The molecule has 1 fully saturated rings. The Morgan fingerprint density at radius 2 is 1.88 bits per heavy atom. The third-order valence-corrected chi connectivity index (χ3v) is 6.64. The number of nitrogens with one attached hydrogen (secondary N) is 3. The van der Waals surface area contributed by atoms with Crippen molar-refractivity contribution in [3.05, 3.63) is 94.7 Å². The summed E-state index contributed by atoms with van der Waals surface area (Å²) in [4.78, 5) is 14.8. The lowest BCUT2D eigenvalue weighted by Crippen LogP contribution is -2.43. The maximum atomic E-state index is 14.0. The molecule has 0 aliphatic carbocycles. The zero-order chi connectivity index (χ0) is 27.9. The van der Waals surface area contributed by atoms with E-state index in [-0.39, 0.29) is 29.1 Å². The van der Waals surface area contributed by atoms with Crippen LogP contribution in [0.2, 0.25) is 5.02 Å². The minimum absolute atomic E-state index is 0.0176. The maximum absolute atomic E-state index is 14.0. The second kappa shape index (κ2) is 12.5. The summed E-state index contributed by atoms with van der Waals surface area (Å²) in [6.07, 6.45) is 1.47. The zero-order valence-electron chi connectivity index (χ0n) is 21.7. The first-order chi connectivity index (χ1) is 19.6. The Hall–Kier alpha value is -4.59. The molecule has 0 radical (unpaired) electrons. The van der Waals surface area contributed by atoms with Crippen molar-refractivity contribution < 1.29 is 13.9 Å². The van der Waals surface area contributed by atoms with Crippen molar-refractivity contribution in [1.82, 2.24) is 15.3 Å². The van der Waals surface area contributed by atoms with Crippen LogP contribution in [0.1, 0.15) is 5.56 Å². The van der Waals surface area contributed by atoms with E-state index in [1.165, 1.54) is 12.3 Å². The van der Waals surface area contributed by atoms with Gasteiger partial charge in [0.1, 0.15) is 28.9 Å². The average Bonchev–Trinajstić information content (AvgIpc) is 2.99. The van der Waals surface area contributed by atoms with Gasteiger partial charge in [0.2, 0.25) is 5.95 Å². The van der Waals surface area contributed by atoms with Crippen LogP contribution in [-0.2, 0) is 6.61 Å². The van der Waals surface area contributed by atoms with E-state index < -0.39 is 0 Å². The first-order valence-corrected chi connectivity index (χ1v) is 13.0. The molecule has 9 nitrogen and oxygen atoms in total. The Bertz CT molecular complexity index is 1540. The summed E-state index contributed by atoms with van der Waals surface area (Å²) in [6, 6.07) is 17.4. The lowest BCUT2D eigenvalue weighted by molar-refractivity contribution is 0.302. The summed E-state index contributed by atoms with van der Waals surface area (Å²) in [5, 5.41) is 9.93. The van der Waals surface area contributed by atoms with E-state index in [2.05, 4.69) is 35.7 Å². The quantitative estimate of drug-likeness (QED) is 0.206. The number of rotatable bonds is 9. The van der Waals surface area contributed by atoms with Crippen LogP contribution in [-0.4, -0.2) is 43.3 Å². The van der Waals surface area contributed by atoms with Gasteiger partial charge >= 0.3 is 0 Å². The molecule has 0 bridgehead atoms. The molecule has 204 valence electrons. The summed E-state index contributed by atoms with van der Waals surface area (Å²) >= 11 is 6.41. The molecule has 0 saturated carbocycles. The van der Waals surface area contributed by atoms with Gasteiger partial charge in [-0.1, -0.05) is 35.9 Å². The summed E-state index contributed by atoms with van der Waals surface area (Å²) in [5.41, 5.74) is 2.81. The van der Waals surface area contributed by atoms with Crippen molar-refractivity contribution in [2.45, 2.75) is 6.61 Å². The van der Waals surface area contributed by atoms with Gasteiger partial charge in [0.15, 0.2) is 5.82 Å². The normalized spacial score (nSPS) is 12.9. The number of piperazine rings is 1. The molecule has 0 spiro atoms. The number of nitrogens with zero attached hydrogens (tertiary/aromatic N) is 4. The summed E-state index contributed by atoms with van der Waals surface area (Å²) in [6.45, 7) is 11.4. The maximum Gasteiger partial charge on any atom is 0.250 e. The number of methoxy groups -OCH3 is 1. The number of anilines is 5. The number of hydrogen-bond donors (Lipinski definition) is 3. The smallest absolute Gasteiger partial charge is 0.250 e. The van der Waals surface area contributed by atoms with Gasteiger partial charge in [-0.2, -0.15) is 4.98 Å². The number of benzene rings is 3. The van der Waals surface area contributed by atoms with Crippen molar-refractivity contribution in [3.63, 3.8) is 0 Å². The van der Waals surface area contributed by atoms with Crippen molar-refractivity contribution in [1.29, 1.82) is 0 Å². The minimum atomic E-state index is -0.371. The van der Waals surface area contributed by atoms with Crippen LogP contribution in [0.25, 0.3) is 4.85 Å². The van der Waals surface area contributed by atoms with E-state index in [0.29, 0.717) is 34.3 Å². The van der Waals surface area contributed by atoms with Crippen LogP contribution in [0.3, 0.4) is 0 Å². The average molecular weight is 560 g/mol. The molecule has 1 aromatic heterocycles. The van der Waals surface area contributed by atoms with Gasteiger partial charge in [0.05, 0.1) is 25.6 Å². The number of aromatic nitrogens is 2. The second-order valence-electron chi connectivity index (χ2n) is 8.91. The molecule has 1 saturated heterocycles. The van der Waals surface area contributed by atoms with Gasteiger partial charge in [0, 0.05) is 49.2 Å². The van der Waals surface area contributed by atoms with Crippen molar-refractivity contribution in [2.24, 2.45) is 0 Å². The third kappa shape index (κ3) is 6.17. The van der Waals surface area contributed by atoms with E-state index in [1.54, 1.807) is 43.5 Å². The Balaban J connectivity index is 1.35. The lowest BCUT2D eigenvalue weighted by atomic mass is 10.2. The molecule has 0 unspecified atom stereocenters. The highest BCUT2D eigenvalue weighted by molar-refractivity contribution is 6.33. The predicted molar refractivity (Wildman–Crippen MR) is 155 cm³/mol. The summed E-state index contributed by atoms with van der Waals surface area (Å²) < 4.78 is 25.5. The van der Waals surface area contributed by atoms with E-state index in [1.807, 2.05) is 18.2 Å². The SMILES string of the molecule is [C-]#[N+]c1c(Nc2nc(Nc3ccc(N4CCNCC4)cc3OC)ncc2Cl)cccc1OCc1ccccc1F. The Morgan fingerprint density at radius 1 is 1.05 bits per heavy atom. The first-order valence-electron chi connectivity index (χ1n) is 12.6. The van der Waals surface area contributed by atoms with Crippen molar-refractivity contribution in [2.75, 3.05) is 48.8 Å². The van der Waals surface area contributed by atoms with Gasteiger partial charge in [-0.3, -0.25) is 0 Å². The van der Waals surface area contributed by atoms with E-state index in [0.717, 1.165) is 31.9 Å². The molecule has 1 aliphatic rings. The summed E-state index contributed by atoms with van der Waals surface area (Å²) in [7, 11) is 1.62. The van der Waals surface area contributed by atoms with Crippen molar-refractivity contribution in [3.8, 4) is 11.5 Å². The summed E-state index contributed by atoms with van der Waals surface area (Å²) in [5.74, 6) is 1.17. The van der Waals surface area contributed by atoms with Crippen LogP contribution in [0, 0.1) is 12.4 Å². The molecule has 3 N–H and O–H groups in total. The zero-order valence-corrected chi connectivity index (χ0v) is 22.5. The third-order valence-electron chi connectivity index (χ3n) is 6.36. The second-order valence-corrected chi connectivity index (χ2v) is 9.31. The Labute approximate surface area is 236 Å². The fourth-order valence-corrected chi connectivity index (χ4v) is 4.43. The highest BCUT2D eigenvalue weighted by atomic mass is 35.5. The Kier molecular flexibility index (Phi) is 8.44. The van der Waals surface area contributed by atoms with Crippen LogP contribution in [0.15, 0.2) is 66.9 Å². The standard InChI is InChI=1S/C29H27ClFN7O2/c1-32-27-24(8-5-9-25(27)40-18-19-6-3-4-7-22(19)31)35-28-21(30)17-34-29(37-28)36-23-11-10-20(16-26(23)39-2)38-14-12-33-13-15-38/h3-11,16-17,33H,12-15,18H2,2H3,(H2,34,35,36,37). The fourth-order valence-electron chi connectivity index (χ4n) is 4.29. The number of ether oxygens (including phenoxy) is 2. The number of para-hydroxylation sites is 1. The van der Waals surface area contributed by atoms with Gasteiger partial charge < -0.3 is 30.3 Å². The Morgan fingerprint density at radius 3 is 2.65 bits per heavy atom. The number of hydrogen-bond acceptors (Lipinski definition) is 8. The topological polar surface area (TPSA) is 87.9 Å². The molecule has 40 heavy (non-hydrogen) atoms. The van der Waals surface area contributed by atoms with Gasteiger partial charge in [0.25, 0.3) is 5.69 Å². The molecule has 3 aromatic carbocycles. The molecule has 2 heterocycles. The van der Waals surface area contributed by atoms with Gasteiger partial charge in [-0.15, -0.1) is 0 Å². The van der Waals surface area contributed by atoms with Crippen LogP contribution < -0.4 is 30.3 Å². The molecule has 0 atom stereocenters. The highest BCUT2D eigenvalue weighted by Crippen LogP contribution is 2.39. The minimum Gasteiger partial charge on any atom is -0.500 e. The first kappa shape index (κ1) is 27.0. The van der Waals surface area contributed by atoms with E-state index in [4.69, 9.17) is 27.6 Å². The molecule has 0 amide bonds. The molecule has 5 rings (SSSR count). The van der Waals surface area contributed by atoms with Crippen LogP contribution >= 0.6 is 11.6 Å². The largest absolute Gasteiger partial charge is 0.500 e. The van der Waals surface area contributed by atoms with Crippen LogP contribution in [0.5, 0.6) is 11.5 Å². The molecule has 11 heteroatoms. The van der Waals surface area contributed by atoms with E-state index >= 15 is 0 Å². The molecular formula is C29H27ClFN7O2. The van der Waals surface area contributed by atoms with Gasteiger partial charge in [-0.05, 0) is 30.3 Å². The molecule has 4 aromatic rings. The van der Waals surface area contributed by atoms with Crippen LogP contribution in [0.4, 0.5) is 38.9 Å². The van der Waals surface area contributed by atoms with Crippen molar-refractivity contribution >= 4 is 46.1 Å². The molecular weight excluding hydrogens is 533 g/mol. The predicted octanol–water partition coefficient (Wildman–Crippen LogP) is 6.30. The van der Waals surface area contributed by atoms with Gasteiger partial charge in [-0.25, -0.2) is 14.2 Å². The monoisotopic (exact) mass is 559 g/mol. The highest BCUT2D eigenvalue weighted by Gasteiger charge is 2.16. The fraction of sp³-hybridized carbons (Fsp3) is 0.207. The van der Waals surface area contributed by atoms with E-state index in [9.17, 15) is 4.39 Å².